The summed E-state index contributed by atoms with van der Waals surface area (Å²) >= 11 is 0. The molecule has 0 radical (unpaired) electrons. The van der Waals surface area contributed by atoms with E-state index >= 15 is 0 Å². The number of carbonyl (C=O) groups excluding carboxylic acids is 2. The highest BCUT2D eigenvalue weighted by Gasteiger charge is 2.71. The molecule has 3 aromatic carbocycles. The number of aryl methyl sites for hydroxylation is 2. The van der Waals surface area contributed by atoms with Crippen molar-refractivity contribution in [1.29, 1.82) is 0 Å². The van der Waals surface area contributed by atoms with Gasteiger partial charge in [-0.25, -0.2) is 0 Å². The van der Waals surface area contributed by atoms with E-state index in [4.69, 9.17) is 14.2 Å². The van der Waals surface area contributed by atoms with Crippen LogP contribution in [0.5, 0.6) is 17.2 Å². The smallest absolute Gasteiger partial charge is 0.430 e. The minimum absolute atomic E-state index is 0.00388. The lowest BCUT2D eigenvalue weighted by atomic mass is 9.89. The molecule has 0 bridgehead atoms. The quantitative estimate of drug-likeness (QED) is 0.0733. The number of unbranched alkanes of at least 4 members (excludes halogenated alkanes) is 3. The topological polar surface area (TPSA) is 97.3 Å². The Balaban J connectivity index is 1.64. The number of likely N-dealkylation sites (N-methyl/N-ethyl adjacent to an activating group) is 1. The maximum Gasteiger partial charge on any atom is 0.430 e. The van der Waals surface area contributed by atoms with Gasteiger partial charge in [-0.1, -0.05) is 44.0 Å². The number of nitrogens with zero attached hydrogens (tertiary/aromatic N) is 1. The third kappa shape index (κ3) is 9.97. The number of methoxy groups -OCH3 is 1. The average Bonchev–Trinajstić information content (AvgIpc) is 3.10. The Morgan fingerprint density at radius 2 is 1.52 bits per heavy atom. The first-order chi connectivity index (χ1) is 24.4. The van der Waals surface area contributed by atoms with Gasteiger partial charge in [0.05, 0.1) is 13.7 Å². The molecule has 52 heavy (non-hydrogen) atoms. The number of aliphatic hydroxyl groups is 1. The van der Waals surface area contributed by atoms with E-state index in [1.165, 1.54) is 0 Å². The number of imide groups is 1. The summed E-state index contributed by atoms with van der Waals surface area (Å²) in [5.74, 6) is 0.869. The maximum absolute atomic E-state index is 13.6. The molecule has 0 aliphatic rings. The van der Waals surface area contributed by atoms with E-state index in [1.54, 1.807) is 45.3 Å². The van der Waals surface area contributed by atoms with Crippen LogP contribution in [0.2, 0.25) is 0 Å². The van der Waals surface area contributed by atoms with Crippen molar-refractivity contribution in [2.24, 2.45) is 0 Å². The lowest BCUT2D eigenvalue weighted by Crippen LogP contribution is -2.53. The minimum Gasteiger partial charge on any atom is -0.497 e. The minimum atomic E-state index is -6.01. The molecule has 0 aromatic heterocycles. The Morgan fingerprint density at radius 1 is 0.865 bits per heavy atom. The zero-order valence-corrected chi connectivity index (χ0v) is 29.9. The van der Waals surface area contributed by atoms with Gasteiger partial charge >= 0.3 is 12.4 Å². The lowest BCUT2D eigenvalue weighted by Gasteiger charge is -2.33. The summed E-state index contributed by atoms with van der Waals surface area (Å²) in [5, 5.41) is 12.9. The van der Waals surface area contributed by atoms with Crippen LogP contribution in [0.15, 0.2) is 60.7 Å². The van der Waals surface area contributed by atoms with Gasteiger partial charge in [-0.3, -0.25) is 14.5 Å². The molecule has 286 valence electrons. The van der Waals surface area contributed by atoms with Crippen LogP contribution in [-0.4, -0.2) is 62.0 Å². The summed E-state index contributed by atoms with van der Waals surface area (Å²) in [6.07, 6.45) is -8.93. The average molecular weight is 741 g/mol. The molecule has 3 rings (SSSR count). The van der Waals surface area contributed by atoms with Crippen molar-refractivity contribution in [1.82, 2.24) is 10.2 Å². The van der Waals surface area contributed by atoms with Gasteiger partial charge in [0.2, 0.25) is 6.41 Å². The van der Waals surface area contributed by atoms with Crippen molar-refractivity contribution in [3.8, 4) is 17.2 Å². The van der Waals surface area contributed by atoms with Crippen molar-refractivity contribution in [3.63, 3.8) is 0 Å². The molecule has 0 saturated heterocycles. The number of carbonyl (C=O) groups is 2. The van der Waals surface area contributed by atoms with Gasteiger partial charge in [-0.2, -0.15) is 26.3 Å². The van der Waals surface area contributed by atoms with E-state index < -0.39 is 35.0 Å². The van der Waals surface area contributed by atoms with Crippen molar-refractivity contribution >= 4 is 12.3 Å². The number of hydrogen-bond acceptors (Lipinski definition) is 7. The fourth-order valence-electron chi connectivity index (χ4n) is 5.70. The van der Waals surface area contributed by atoms with Crippen LogP contribution >= 0.6 is 0 Å². The Kier molecular flexibility index (Phi) is 14.5. The van der Waals surface area contributed by atoms with Gasteiger partial charge in [0.25, 0.3) is 11.5 Å². The molecule has 2 amide bonds. The number of halogens is 6. The third-order valence-corrected chi connectivity index (χ3v) is 8.90. The number of alkyl halides is 6. The number of nitrogens with one attached hydrogen (secondary N) is 1. The van der Waals surface area contributed by atoms with Gasteiger partial charge in [-0.05, 0) is 105 Å². The molecule has 0 saturated carbocycles. The van der Waals surface area contributed by atoms with Crippen molar-refractivity contribution < 1.29 is 55.2 Å². The van der Waals surface area contributed by atoms with Crippen LogP contribution in [0.3, 0.4) is 0 Å². The van der Waals surface area contributed by atoms with Crippen LogP contribution in [0, 0.1) is 6.92 Å². The molecule has 2 N–H and O–H groups in total. The highest BCUT2D eigenvalue weighted by atomic mass is 19.4. The molecule has 1 atom stereocenters. The van der Waals surface area contributed by atoms with Gasteiger partial charge < -0.3 is 24.6 Å². The van der Waals surface area contributed by atoms with E-state index in [0.29, 0.717) is 62.1 Å². The van der Waals surface area contributed by atoms with Crippen LogP contribution in [0.1, 0.15) is 73.8 Å². The largest absolute Gasteiger partial charge is 0.497 e. The van der Waals surface area contributed by atoms with Crippen LogP contribution < -0.4 is 19.5 Å². The van der Waals surface area contributed by atoms with Crippen molar-refractivity contribution in [3.05, 3.63) is 88.5 Å². The van der Waals surface area contributed by atoms with Gasteiger partial charge in [0.1, 0.15) is 29.4 Å². The zero-order chi connectivity index (χ0) is 38.7. The predicted molar refractivity (Wildman–Crippen MR) is 183 cm³/mol. The van der Waals surface area contributed by atoms with E-state index in [9.17, 15) is 41.0 Å². The Labute approximate surface area is 300 Å². The predicted octanol–water partition coefficient (Wildman–Crippen LogP) is 7.91. The summed E-state index contributed by atoms with van der Waals surface area (Å²) in [7, 11) is 3.19. The number of rotatable bonds is 19. The molecular formula is C38H46F6N2O6. The van der Waals surface area contributed by atoms with Crippen LogP contribution in [-0.2, 0) is 33.8 Å². The fourth-order valence-corrected chi connectivity index (χ4v) is 5.70. The SMILES string of the molecule is CCCCCc1cc(C(O)(C(F)(F)F)C(F)(F)F)ccc1OCCCCN(C=O)C(=O)C(C)(NC)c1ccc(OCc2cc(C)cc(OC)c2)cc1. The second-order valence-corrected chi connectivity index (χ2v) is 12.7. The highest BCUT2D eigenvalue weighted by Crippen LogP contribution is 2.50. The summed E-state index contributed by atoms with van der Waals surface area (Å²) < 4.78 is 98.1. The first kappa shape index (κ1) is 42.1. The van der Waals surface area contributed by atoms with E-state index in [-0.39, 0.29) is 30.9 Å². The molecule has 14 heteroatoms. The van der Waals surface area contributed by atoms with Gasteiger partial charge in [0.15, 0.2) is 0 Å². The molecule has 0 heterocycles. The molecular weight excluding hydrogens is 694 g/mol. The number of hydrogen-bond donors (Lipinski definition) is 2. The maximum atomic E-state index is 13.6. The molecule has 1 unspecified atom stereocenters. The highest BCUT2D eigenvalue weighted by molar-refractivity contribution is 5.94. The van der Waals surface area contributed by atoms with E-state index in [1.807, 2.05) is 32.0 Å². The second-order valence-electron chi connectivity index (χ2n) is 12.7. The van der Waals surface area contributed by atoms with Crippen LogP contribution in [0.4, 0.5) is 26.3 Å². The first-order valence-electron chi connectivity index (χ1n) is 16.9. The summed E-state index contributed by atoms with van der Waals surface area (Å²) in [4.78, 5) is 26.7. The second kappa shape index (κ2) is 18.0. The fraction of sp³-hybridized carbons (Fsp3) is 0.474. The normalized spacial score (nSPS) is 13.3. The van der Waals surface area contributed by atoms with Gasteiger partial charge in [-0.15, -0.1) is 0 Å². The molecule has 0 spiro atoms. The third-order valence-electron chi connectivity index (χ3n) is 8.90. The number of ether oxygens (including phenoxy) is 3. The molecule has 0 aliphatic carbocycles. The van der Waals surface area contributed by atoms with E-state index in [0.717, 1.165) is 34.3 Å². The number of benzene rings is 3. The zero-order valence-electron chi connectivity index (χ0n) is 29.9. The summed E-state index contributed by atoms with van der Waals surface area (Å²) in [6, 6.07) is 14.9. The van der Waals surface area contributed by atoms with Crippen molar-refractivity contribution in [2.45, 2.75) is 89.4 Å². The molecule has 8 nitrogen and oxygen atoms in total. The van der Waals surface area contributed by atoms with Crippen molar-refractivity contribution in [2.75, 3.05) is 27.3 Å². The molecule has 3 aromatic rings. The Morgan fingerprint density at radius 3 is 2.10 bits per heavy atom. The van der Waals surface area contributed by atoms with Crippen LogP contribution in [0.25, 0.3) is 0 Å². The molecule has 0 fully saturated rings. The Hall–Kier alpha value is -4.30. The standard InChI is InChI=1S/C38H46F6N2O6/c1-6-7-8-11-28-23-30(36(49,37(39,40)41)38(42,43)44)14-17-33(28)51-19-10-9-18-46(25-47)34(48)35(3,45-4)29-12-15-31(16-13-29)52-24-27-20-26(2)21-32(22-27)50-5/h12-17,20-23,25,45,49H,6-11,18-19,24H2,1-5H3. The number of amides is 2. The molecule has 0 aliphatic heterocycles. The van der Waals surface area contributed by atoms with Gasteiger partial charge in [0, 0.05) is 12.1 Å². The first-order valence-corrected chi connectivity index (χ1v) is 16.9. The van der Waals surface area contributed by atoms with E-state index in [2.05, 4.69) is 5.32 Å². The monoisotopic (exact) mass is 740 g/mol. The lowest BCUT2D eigenvalue weighted by molar-refractivity contribution is -0.376. The summed E-state index contributed by atoms with van der Waals surface area (Å²) in [6.45, 7) is 5.82. The Bertz CT molecular complexity index is 1620. The summed E-state index contributed by atoms with van der Waals surface area (Å²) in [5.41, 5.74) is -5.03.